The lowest BCUT2D eigenvalue weighted by atomic mass is 10.1. The number of rotatable bonds is 4. The standard InChI is InChI=1S/C15H23FN4O/c1-11-13(16)9-12(10-14(11)17)15(21)18-3-4-20-7-5-19(2)6-8-20/h9-10H,3-8,17H2,1-2H3,(H,18,21). The molecule has 3 N–H and O–H groups in total. The van der Waals surface area contributed by atoms with Gasteiger partial charge in [-0.3, -0.25) is 9.69 Å². The fourth-order valence-corrected chi connectivity index (χ4v) is 2.33. The van der Waals surface area contributed by atoms with E-state index in [1.807, 2.05) is 0 Å². The predicted molar refractivity (Wildman–Crippen MR) is 81.8 cm³/mol. The zero-order valence-corrected chi connectivity index (χ0v) is 12.7. The molecule has 21 heavy (non-hydrogen) atoms. The number of hydrogen-bond donors (Lipinski definition) is 2. The summed E-state index contributed by atoms with van der Waals surface area (Å²) >= 11 is 0. The molecule has 0 unspecified atom stereocenters. The summed E-state index contributed by atoms with van der Waals surface area (Å²) in [7, 11) is 2.11. The van der Waals surface area contributed by atoms with Crippen molar-refractivity contribution in [1.82, 2.24) is 15.1 Å². The molecule has 0 bridgehead atoms. The number of hydrogen-bond acceptors (Lipinski definition) is 4. The predicted octanol–water partition coefficient (Wildman–Crippen LogP) is 0.694. The van der Waals surface area contributed by atoms with Gasteiger partial charge in [0.25, 0.3) is 5.91 Å². The van der Waals surface area contributed by atoms with E-state index in [0.717, 1.165) is 32.7 Å². The molecular formula is C15H23FN4O. The summed E-state index contributed by atoms with van der Waals surface area (Å²) in [6.45, 7) is 7.08. The zero-order valence-electron chi connectivity index (χ0n) is 12.7. The van der Waals surface area contributed by atoms with Crippen molar-refractivity contribution in [3.8, 4) is 0 Å². The Morgan fingerprint density at radius 3 is 2.62 bits per heavy atom. The normalized spacial score (nSPS) is 16.9. The van der Waals surface area contributed by atoms with Crippen molar-refractivity contribution >= 4 is 11.6 Å². The monoisotopic (exact) mass is 294 g/mol. The van der Waals surface area contributed by atoms with E-state index in [-0.39, 0.29) is 11.5 Å². The second-order valence-corrected chi connectivity index (χ2v) is 5.57. The second-order valence-electron chi connectivity index (χ2n) is 5.57. The molecule has 1 aliphatic heterocycles. The molecule has 0 aromatic heterocycles. The Hall–Kier alpha value is -1.66. The van der Waals surface area contributed by atoms with Gasteiger partial charge in [0.1, 0.15) is 5.82 Å². The lowest BCUT2D eigenvalue weighted by Gasteiger charge is -2.32. The molecule has 0 spiro atoms. The average Bonchev–Trinajstić information content (AvgIpc) is 2.46. The largest absolute Gasteiger partial charge is 0.398 e. The highest BCUT2D eigenvalue weighted by atomic mass is 19.1. The van der Waals surface area contributed by atoms with Crippen LogP contribution in [0.15, 0.2) is 12.1 Å². The van der Waals surface area contributed by atoms with E-state index < -0.39 is 5.82 Å². The highest BCUT2D eigenvalue weighted by Gasteiger charge is 2.14. The van der Waals surface area contributed by atoms with Crippen molar-refractivity contribution in [1.29, 1.82) is 0 Å². The van der Waals surface area contributed by atoms with Crippen LogP contribution in [0.4, 0.5) is 10.1 Å². The van der Waals surface area contributed by atoms with E-state index in [2.05, 4.69) is 22.2 Å². The Balaban J connectivity index is 1.82. The third-order valence-electron chi connectivity index (χ3n) is 3.96. The van der Waals surface area contributed by atoms with Crippen molar-refractivity contribution in [3.63, 3.8) is 0 Å². The Kier molecular flexibility index (Phi) is 5.14. The molecule has 6 heteroatoms. The maximum absolute atomic E-state index is 13.6. The summed E-state index contributed by atoms with van der Waals surface area (Å²) in [5.41, 5.74) is 6.64. The number of anilines is 1. The minimum atomic E-state index is -0.445. The molecule has 0 saturated carbocycles. The zero-order chi connectivity index (χ0) is 15.4. The Morgan fingerprint density at radius 2 is 2.00 bits per heavy atom. The number of benzene rings is 1. The van der Waals surface area contributed by atoms with Gasteiger partial charge < -0.3 is 16.0 Å². The highest BCUT2D eigenvalue weighted by Crippen LogP contribution is 2.17. The third-order valence-corrected chi connectivity index (χ3v) is 3.96. The number of halogens is 1. The van der Waals surface area contributed by atoms with E-state index >= 15 is 0 Å². The van der Waals surface area contributed by atoms with E-state index in [4.69, 9.17) is 5.73 Å². The van der Waals surface area contributed by atoms with Gasteiger partial charge >= 0.3 is 0 Å². The fourth-order valence-electron chi connectivity index (χ4n) is 2.33. The van der Waals surface area contributed by atoms with Crippen LogP contribution < -0.4 is 11.1 Å². The SMILES string of the molecule is Cc1c(N)cc(C(=O)NCCN2CCN(C)CC2)cc1F. The molecule has 0 radical (unpaired) electrons. The van der Waals surface area contributed by atoms with E-state index in [9.17, 15) is 9.18 Å². The Bertz CT molecular complexity index is 489. The molecule has 1 heterocycles. The molecule has 116 valence electrons. The maximum atomic E-state index is 13.6. The number of nitrogens with two attached hydrogens (primary N) is 1. The second kappa shape index (κ2) is 6.87. The summed E-state index contributed by atoms with van der Waals surface area (Å²) in [6, 6.07) is 2.75. The smallest absolute Gasteiger partial charge is 0.251 e. The molecule has 5 nitrogen and oxygen atoms in total. The molecule has 0 aliphatic carbocycles. The van der Waals surface area contributed by atoms with Crippen molar-refractivity contribution in [2.75, 3.05) is 52.0 Å². The Morgan fingerprint density at radius 1 is 1.33 bits per heavy atom. The van der Waals surface area contributed by atoms with Crippen molar-refractivity contribution in [2.24, 2.45) is 0 Å². The van der Waals surface area contributed by atoms with Crippen molar-refractivity contribution < 1.29 is 9.18 Å². The van der Waals surface area contributed by atoms with E-state index in [1.165, 1.54) is 12.1 Å². The topological polar surface area (TPSA) is 61.6 Å². The number of nitrogen functional groups attached to an aromatic ring is 1. The van der Waals surface area contributed by atoms with Gasteiger partial charge in [-0.25, -0.2) is 4.39 Å². The van der Waals surface area contributed by atoms with Crippen LogP contribution in [0.2, 0.25) is 0 Å². The highest BCUT2D eigenvalue weighted by molar-refractivity contribution is 5.95. The fraction of sp³-hybridized carbons (Fsp3) is 0.533. The van der Waals surface area contributed by atoms with Crippen LogP contribution in [0, 0.1) is 12.7 Å². The first kappa shape index (κ1) is 15.7. The van der Waals surface area contributed by atoms with E-state index in [0.29, 0.717) is 17.8 Å². The van der Waals surface area contributed by atoms with Gasteiger partial charge in [0.2, 0.25) is 0 Å². The summed E-state index contributed by atoms with van der Waals surface area (Å²) < 4.78 is 13.6. The van der Waals surface area contributed by atoms with Crippen molar-refractivity contribution in [3.05, 3.63) is 29.1 Å². The first-order valence-corrected chi connectivity index (χ1v) is 7.22. The average molecular weight is 294 g/mol. The van der Waals surface area contributed by atoms with Crippen LogP contribution in [0.1, 0.15) is 15.9 Å². The summed E-state index contributed by atoms with van der Waals surface area (Å²) in [4.78, 5) is 16.6. The van der Waals surface area contributed by atoms with Crippen LogP contribution in [-0.4, -0.2) is 62.0 Å². The van der Waals surface area contributed by atoms with Gasteiger partial charge in [0.15, 0.2) is 0 Å². The number of piperazine rings is 1. The summed E-state index contributed by atoms with van der Waals surface area (Å²) in [5.74, 6) is -0.728. The molecule has 0 atom stereocenters. The molecule has 1 aromatic carbocycles. The number of likely N-dealkylation sites (N-methyl/N-ethyl adjacent to an activating group) is 1. The van der Waals surface area contributed by atoms with Gasteiger partial charge in [-0.15, -0.1) is 0 Å². The van der Waals surface area contributed by atoms with Gasteiger partial charge in [0.05, 0.1) is 0 Å². The molecular weight excluding hydrogens is 271 g/mol. The van der Waals surface area contributed by atoms with Crippen LogP contribution in [-0.2, 0) is 0 Å². The van der Waals surface area contributed by atoms with Gasteiger partial charge in [-0.05, 0) is 26.1 Å². The summed E-state index contributed by atoms with van der Waals surface area (Å²) in [5, 5.41) is 2.81. The first-order valence-electron chi connectivity index (χ1n) is 7.22. The van der Waals surface area contributed by atoms with Gasteiger partial charge in [0, 0.05) is 56.1 Å². The lowest BCUT2D eigenvalue weighted by Crippen LogP contribution is -2.46. The first-order chi connectivity index (χ1) is 9.97. The molecule has 1 saturated heterocycles. The summed E-state index contributed by atoms with van der Waals surface area (Å²) in [6.07, 6.45) is 0. The number of carbonyl (C=O) groups excluding carboxylic acids is 1. The minimum Gasteiger partial charge on any atom is -0.398 e. The number of carbonyl (C=O) groups is 1. The number of nitrogens with one attached hydrogen (secondary N) is 1. The lowest BCUT2D eigenvalue weighted by molar-refractivity contribution is 0.0940. The van der Waals surface area contributed by atoms with Gasteiger partial charge in [-0.2, -0.15) is 0 Å². The minimum absolute atomic E-state index is 0.272. The van der Waals surface area contributed by atoms with Crippen LogP contribution >= 0.6 is 0 Å². The quantitative estimate of drug-likeness (QED) is 0.802. The molecule has 1 amide bonds. The van der Waals surface area contributed by atoms with Crippen LogP contribution in [0.3, 0.4) is 0 Å². The number of amides is 1. The molecule has 1 fully saturated rings. The number of nitrogens with zero attached hydrogens (tertiary/aromatic N) is 2. The molecule has 1 aliphatic rings. The van der Waals surface area contributed by atoms with Crippen LogP contribution in [0.25, 0.3) is 0 Å². The van der Waals surface area contributed by atoms with Crippen LogP contribution in [0.5, 0.6) is 0 Å². The van der Waals surface area contributed by atoms with Crippen molar-refractivity contribution in [2.45, 2.75) is 6.92 Å². The Labute approximate surface area is 124 Å². The van der Waals surface area contributed by atoms with Gasteiger partial charge in [-0.1, -0.05) is 0 Å². The third kappa shape index (κ3) is 4.15. The maximum Gasteiger partial charge on any atom is 0.251 e. The van der Waals surface area contributed by atoms with E-state index in [1.54, 1.807) is 6.92 Å². The molecule has 1 aromatic rings. The molecule has 2 rings (SSSR count).